The van der Waals surface area contributed by atoms with E-state index in [4.69, 9.17) is 9.84 Å². The molecule has 21 heavy (non-hydrogen) atoms. The van der Waals surface area contributed by atoms with Crippen molar-refractivity contribution in [1.29, 1.82) is 0 Å². The molecule has 4 nitrogen and oxygen atoms in total. The minimum absolute atomic E-state index is 0.0875. The number of carbonyl (C=O) groups is 2. The molecule has 2 aromatic rings. The molecule has 108 valence electrons. The smallest absolute Gasteiger partial charge is 0.338 e. The first kappa shape index (κ1) is 15.4. The molecule has 0 saturated carbocycles. The summed E-state index contributed by atoms with van der Waals surface area (Å²) in [6, 6.07) is 13.3. The van der Waals surface area contributed by atoms with Crippen LogP contribution in [-0.4, -0.2) is 23.5 Å². The molecule has 0 aromatic heterocycles. The number of hydrogen-bond donors (Lipinski definition) is 1. The molecule has 0 fully saturated rings. The predicted molar refractivity (Wildman–Crippen MR) is 81.1 cm³/mol. The molecule has 1 N–H and O–H groups in total. The summed E-state index contributed by atoms with van der Waals surface area (Å²) in [6.07, 6.45) is 0. The fourth-order valence-electron chi connectivity index (χ4n) is 1.73. The first-order chi connectivity index (χ1) is 10.1. The Hall–Kier alpha value is -1.98. The second-order valence-corrected chi connectivity index (χ2v) is 5.19. The van der Waals surface area contributed by atoms with Crippen LogP contribution in [0.2, 0.25) is 0 Å². The van der Waals surface area contributed by atoms with Gasteiger partial charge in [-0.3, -0.25) is 4.79 Å². The van der Waals surface area contributed by atoms with Gasteiger partial charge in [0.05, 0.1) is 12.2 Å². The Kier molecular flexibility index (Phi) is 5.25. The Bertz CT molecular complexity index is 650. The van der Waals surface area contributed by atoms with E-state index in [2.05, 4.69) is 15.9 Å². The summed E-state index contributed by atoms with van der Waals surface area (Å²) in [6.45, 7) is -0.404. The Morgan fingerprint density at radius 2 is 1.71 bits per heavy atom. The number of ether oxygens (including phenoxy) is 1. The number of hydrogen-bond acceptors (Lipinski definition) is 4. The molecule has 0 amide bonds. The lowest BCUT2D eigenvalue weighted by molar-refractivity contribution is 0.0474. The SMILES string of the molecule is O=C(OCC(=O)c1ccccc1Br)c1ccc(CO)cc1. The maximum absolute atomic E-state index is 12.0. The third-order valence-corrected chi connectivity index (χ3v) is 3.57. The fraction of sp³-hybridized carbons (Fsp3) is 0.125. The monoisotopic (exact) mass is 348 g/mol. The lowest BCUT2D eigenvalue weighted by atomic mass is 10.1. The van der Waals surface area contributed by atoms with Gasteiger partial charge in [0.1, 0.15) is 0 Å². The van der Waals surface area contributed by atoms with Gasteiger partial charge in [0, 0.05) is 10.0 Å². The highest BCUT2D eigenvalue weighted by Gasteiger charge is 2.13. The van der Waals surface area contributed by atoms with Crippen LogP contribution >= 0.6 is 15.9 Å². The van der Waals surface area contributed by atoms with Crippen LogP contribution in [0.3, 0.4) is 0 Å². The summed E-state index contributed by atoms with van der Waals surface area (Å²) in [5.74, 6) is -0.845. The molecule has 2 aromatic carbocycles. The predicted octanol–water partition coefficient (Wildman–Crippen LogP) is 2.98. The van der Waals surface area contributed by atoms with E-state index in [1.165, 1.54) is 0 Å². The van der Waals surface area contributed by atoms with Gasteiger partial charge >= 0.3 is 5.97 Å². The van der Waals surface area contributed by atoms with E-state index >= 15 is 0 Å². The second-order valence-electron chi connectivity index (χ2n) is 4.33. The van der Waals surface area contributed by atoms with Crippen molar-refractivity contribution < 1.29 is 19.4 Å². The van der Waals surface area contributed by atoms with E-state index in [0.717, 1.165) is 0 Å². The topological polar surface area (TPSA) is 63.6 Å². The molecular weight excluding hydrogens is 336 g/mol. The zero-order valence-electron chi connectivity index (χ0n) is 11.1. The maximum atomic E-state index is 12.0. The molecule has 0 heterocycles. The molecule has 0 bridgehead atoms. The van der Waals surface area contributed by atoms with Gasteiger partial charge in [0.2, 0.25) is 5.78 Å². The van der Waals surface area contributed by atoms with Gasteiger partial charge in [-0.15, -0.1) is 0 Å². The second kappa shape index (κ2) is 7.15. The lowest BCUT2D eigenvalue weighted by Gasteiger charge is -2.06. The molecule has 0 aliphatic carbocycles. The summed E-state index contributed by atoms with van der Waals surface area (Å²) in [4.78, 5) is 23.8. The number of aliphatic hydroxyl groups excluding tert-OH is 1. The minimum atomic E-state index is -0.570. The molecule has 0 saturated heterocycles. The minimum Gasteiger partial charge on any atom is -0.454 e. The van der Waals surface area contributed by atoms with Crippen molar-refractivity contribution in [3.8, 4) is 0 Å². The summed E-state index contributed by atoms with van der Waals surface area (Å²) in [5, 5.41) is 8.93. The highest BCUT2D eigenvalue weighted by Crippen LogP contribution is 2.16. The van der Waals surface area contributed by atoms with Crippen molar-refractivity contribution in [3.63, 3.8) is 0 Å². The summed E-state index contributed by atoms with van der Waals surface area (Å²) >= 11 is 3.28. The van der Waals surface area contributed by atoms with E-state index in [0.29, 0.717) is 21.2 Å². The van der Waals surface area contributed by atoms with Crippen LogP contribution in [0.15, 0.2) is 53.0 Å². The maximum Gasteiger partial charge on any atom is 0.338 e. The highest BCUT2D eigenvalue weighted by molar-refractivity contribution is 9.10. The molecular formula is C16H13BrO4. The van der Waals surface area contributed by atoms with Crippen molar-refractivity contribution >= 4 is 27.7 Å². The molecule has 0 spiro atoms. The van der Waals surface area contributed by atoms with Crippen LogP contribution < -0.4 is 0 Å². The zero-order valence-corrected chi connectivity index (χ0v) is 12.7. The van der Waals surface area contributed by atoms with Crippen LogP contribution in [0.25, 0.3) is 0 Å². The summed E-state index contributed by atoms with van der Waals surface area (Å²) in [5.41, 5.74) is 1.52. The van der Waals surface area contributed by atoms with Crippen molar-refractivity contribution in [1.82, 2.24) is 0 Å². The van der Waals surface area contributed by atoms with Gasteiger partial charge in [0.15, 0.2) is 6.61 Å². The average molecular weight is 349 g/mol. The average Bonchev–Trinajstić information content (AvgIpc) is 2.52. The Labute approximate surface area is 130 Å². The number of ketones is 1. The standard InChI is InChI=1S/C16H13BrO4/c17-14-4-2-1-3-13(14)15(19)10-21-16(20)12-7-5-11(9-18)6-8-12/h1-8,18H,9-10H2. The number of halogens is 1. The number of carbonyl (C=O) groups excluding carboxylic acids is 2. The Morgan fingerprint density at radius 1 is 1.05 bits per heavy atom. The first-order valence-corrected chi connectivity index (χ1v) is 7.06. The van der Waals surface area contributed by atoms with Crippen molar-refractivity contribution in [2.75, 3.05) is 6.61 Å². The van der Waals surface area contributed by atoms with Crippen LogP contribution in [0, 0.1) is 0 Å². The largest absolute Gasteiger partial charge is 0.454 e. The van der Waals surface area contributed by atoms with Crippen LogP contribution in [-0.2, 0) is 11.3 Å². The van der Waals surface area contributed by atoms with Gasteiger partial charge in [0.25, 0.3) is 0 Å². The number of esters is 1. The van der Waals surface area contributed by atoms with Gasteiger partial charge < -0.3 is 9.84 Å². The molecule has 0 radical (unpaired) electrons. The molecule has 2 rings (SSSR count). The number of Topliss-reactive ketones (excluding diaryl/α,β-unsaturated/α-hetero) is 1. The Balaban J connectivity index is 1.97. The number of rotatable bonds is 5. The van der Waals surface area contributed by atoms with E-state index < -0.39 is 5.97 Å². The molecule has 0 unspecified atom stereocenters. The van der Waals surface area contributed by atoms with E-state index in [1.54, 1.807) is 48.5 Å². The van der Waals surface area contributed by atoms with Crippen molar-refractivity contribution in [2.24, 2.45) is 0 Å². The summed E-state index contributed by atoms with van der Waals surface area (Å²) < 4.78 is 5.67. The lowest BCUT2D eigenvalue weighted by Crippen LogP contribution is -2.14. The van der Waals surface area contributed by atoms with Gasteiger partial charge in [-0.1, -0.05) is 46.3 Å². The highest BCUT2D eigenvalue weighted by atomic mass is 79.9. The van der Waals surface area contributed by atoms with Gasteiger partial charge in [-0.25, -0.2) is 4.79 Å². The van der Waals surface area contributed by atoms with Crippen LogP contribution in [0.1, 0.15) is 26.3 Å². The molecule has 0 atom stereocenters. The van der Waals surface area contributed by atoms with Crippen molar-refractivity contribution in [3.05, 3.63) is 69.7 Å². The number of benzene rings is 2. The normalized spacial score (nSPS) is 10.2. The first-order valence-electron chi connectivity index (χ1n) is 6.26. The van der Waals surface area contributed by atoms with Crippen LogP contribution in [0.5, 0.6) is 0 Å². The van der Waals surface area contributed by atoms with Crippen LogP contribution in [0.4, 0.5) is 0 Å². The molecule has 0 aliphatic rings. The zero-order chi connectivity index (χ0) is 15.2. The summed E-state index contributed by atoms with van der Waals surface area (Å²) in [7, 11) is 0. The van der Waals surface area contributed by atoms with Gasteiger partial charge in [-0.2, -0.15) is 0 Å². The van der Waals surface area contributed by atoms with Crippen molar-refractivity contribution in [2.45, 2.75) is 6.61 Å². The van der Waals surface area contributed by atoms with E-state index in [-0.39, 0.29) is 19.0 Å². The number of aliphatic hydroxyl groups is 1. The Morgan fingerprint density at radius 3 is 2.33 bits per heavy atom. The molecule has 5 heteroatoms. The quantitative estimate of drug-likeness (QED) is 0.666. The van der Waals surface area contributed by atoms with Gasteiger partial charge in [-0.05, 0) is 23.8 Å². The third kappa shape index (κ3) is 4.00. The van der Waals surface area contributed by atoms with E-state index in [9.17, 15) is 9.59 Å². The molecule has 0 aliphatic heterocycles. The fourth-order valence-corrected chi connectivity index (χ4v) is 2.23. The third-order valence-electron chi connectivity index (χ3n) is 2.88. The van der Waals surface area contributed by atoms with E-state index in [1.807, 2.05) is 0 Å².